The first kappa shape index (κ1) is 16.9. The number of nitrogens with two attached hydrogens (primary N) is 1. The number of hydrogen-bond acceptors (Lipinski definition) is 5. The number of nitrogens with zero attached hydrogens (tertiary/aromatic N) is 2. The van der Waals surface area contributed by atoms with Gasteiger partial charge in [0.05, 0.1) is 4.92 Å². The van der Waals surface area contributed by atoms with E-state index in [1.54, 1.807) is 0 Å². The Hall–Kier alpha value is -2.15. The van der Waals surface area contributed by atoms with Crippen molar-refractivity contribution in [3.8, 4) is 0 Å². The number of anilines is 1. The number of carbonyl (C=O) groups excluding carboxylic acids is 1. The van der Waals surface area contributed by atoms with Gasteiger partial charge in [0.15, 0.2) is 0 Å². The molecule has 0 saturated heterocycles. The second-order valence-electron chi connectivity index (χ2n) is 5.59. The number of nitro groups is 1. The summed E-state index contributed by atoms with van der Waals surface area (Å²) >= 11 is 0. The zero-order chi connectivity index (χ0) is 16.2. The van der Waals surface area contributed by atoms with Crippen LogP contribution in [0.5, 0.6) is 0 Å². The van der Waals surface area contributed by atoms with Gasteiger partial charge in [-0.25, -0.2) is 0 Å². The fourth-order valence-electron chi connectivity index (χ4n) is 2.01. The highest BCUT2D eigenvalue weighted by molar-refractivity contribution is 6.00. The lowest BCUT2D eigenvalue weighted by molar-refractivity contribution is -0.384. The first-order chi connectivity index (χ1) is 9.73. The Morgan fingerprint density at radius 3 is 2.52 bits per heavy atom. The van der Waals surface area contributed by atoms with Gasteiger partial charge in [0, 0.05) is 12.6 Å². The van der Waals surface area contributed by atoms with Gasteiger partial charge < -0.3 is 16.0 Å². The van der Waals surface area contributed by atoms with E-state index >= 15 is 0 Å². The second-order valence-corrected chi connectivity index (χ2v) is 5.59. The van der Waals surface area contributed by atoms with Gasteiger partial charge in [0.25, 0.3) is 5.91 Å². The zero-order valence-electron chi connectivity index (χ0n) is 12.8. The molecular formula is C14H22N4O3. The fourth-order valence-corrected chi connectivity index (χ4v) is 2.01. The lowest BCUT2D eigenvalue weighted by Crippen LogP contribution is -2.45. The largest absolute Gasteiger partial charge is 0.393 e. The molecule has 0 heterocycles. The first-order valence-corrected chi connectivity index (χ1v) is 6.72. The smallest absolute Gasteiger partial charge is 0.304 e. The fraction of sp³-hybridized carbons (Fsp3) is 0.500. The van der Waals surface area contributed by atoms with E-state index in [4.69, 9.17) is 5.73 Å². The number of nitrogens with one attached hydrogen (secondary N) is 1. The Bertz CT molecular complexity index is 529. The van der Waals surface area contributed by atoms with Gasteiger partial charge in [-0.2, -0.15) is 0 Å². The number of nitrogen functional groups attached to an aromatic ring is 1. The van der Waals surface area contributed by atoms with E-state index in [9.17, 15) is 14.9 Å². The predicted octanol–water partition coefficient (Wildman–Crippen LogP) is 1.49. The number of likely N-dealkylation sites (N-methyl/N-ethyl adjacent to an activating group) is 1. The third-order valence-electron chi connectivity index (χ3n) is 3.18. The maximum Gasteiger partial charge on any atom is 0.304 e. The average Bonchev–Trinajstić information content (AvgIpc) is 2.36. The number of para-hydroxylation sites is 1. The standard InChI is InChI=1S/C14H22N4O3/c1-9(2)12(8-17(3)4)16-14(19)10-6-5-7-11(15)13(10)18(20)21/h5-7,9,12H,8,15H2,1-4H3,(H,16,19). The molecule has 1 rings (SSSR count). The molecule has 1 amide bonds. The van der Waals surface area contributed by atoms with Crippen molar-refractivity contribution in [1.82, 2.24) is 10.2 Å². The van der Waals surface area contributed by atoms with E-state index < -0.39 is 10.8 Å². The number of amides is 1. The number of rotatable bonds is 6. The number of nitro benzene ring substituents is 1. The minimum absolute atomic E-state index is 0.00981. The van der Waals surface area contributed by atoms with Crippen molar-refractivity contribution in [3.63, 3.8) is 0 Å². The number of benzene rings is 1. The summed E-state index contributed by atoms with van der Waals surface area (Å²) in [6.45, 7) is 4.63. The molecule has 1 unspecified atom stereocenters. The first-order valence-electron chi connectivity index (χ1n) is 6.72. The predicted molar refractivity (Wildman–Crippen MR) is 82.2 cm³/mol. The monoisotopic (exact) mass is 294 g/mol. The average molecular weight is 294 g/mol. The highest BCUT2D eigenvalue weighted by Gasteiger charge is 2.25. The van der Waals surface area contributed by atoms with Crippen LogP contribution in [0.25, 0.3) is 0 Å². The van der Waals surface area contributed by atoms with Crippen molar-refractivity contribution in [2.24, 2.45) is 5.92 Å². The van der Waals surface area contributed by atoms with Gasteiger partial charge in [-0.05, 0) is 32.1 Å². The van der Waals surface area contributed by atoms with Crippen LogP contribution in [0.2, 0.25) is 0 Å². The summed E-state index contributed by atoms with van der Waals surface area (Å²) < 4.78 is 0. The topological polar surface area (TPSA) is 102 Å². The summed E-state index contributed by atoms with van der Waals surface area (Å²) in [6, 6.07) is 4.26. The van der Waals surface area contributed by atoms with Crippen molar-refractivity contribution < 1.29 is 9.72 Å². The third kappa shape index (κ3) is 4.42. The van der Waals surface area contributed by atoms with E-state index in [1.807, 2.05) is 32.8 Å². The summed E-state index contributed by atoms with van der Waals surface area (Å²) in [5, 5.41) is 13.9. The van der Waals surface area contributed by atoms with Crippen molar-refractivity contribution >= 4 is 17.3 Å². The van der Waals surface area contributed by atoms with Gasteiger partial charge in [0.1, 0.15) is 11.3 Å². The summed E-state index contributed by atoms with van der Waals surface area (Å²) in [4.78, 5) is 24.7. The van der Waals surface area contributed by atoms with Crippen LogP contribution < -0.4 is 11.1 Å². The Morgan fingerprint density at radius 1 is 1.43 bits per heavy atom. The molecular weight excluding hydrogens is 272 g/mol. The SMILES string of the molecule is CC(C)C(CN(C)C)NC(=O)c1cccc(N)c1[N+](=O)[O-]. The third-order valence-corrected chi connectivity index (χ3v) is 3.18. The van der Waals surface area contributed by atoms with E-state index in [-0.39, 0.29) is 28.9 Å². The molecule has 0 aliphatic heterocycles. The van der Waals surface area contributed by atoms with Crippen LogP contribution in [-0.4, -0.2) is 42.4 Å². The molecule has 116 valence electrons. The van der Waals surface area contributed by atoms with Gasteiger partial charge in [0.2, 0.25) is 0 Å². The molecule has 0 aliphatic carbocycles. The van der Waals surface area contributed by atoms with E-state index in [0.29, 0.717) is 6.54 Å². The summed E-state index contributed by atoms with van der Waals surface area (Å²) in [5.74, 6) is -0.272. The molecule has 3 N–H and O–H groups in total. The maximum absolute atomic E-state index is 12.3. The molecule has 0 saturated carbocycles. The van der Waals surface area contributed by atoms with Crippen molar-refractivity contribution in [2.45, 2.75) is 19.9 Å². The van der Waals surface area contributed by atoms with Crippen molar-refractivity contribution in [2.75, 3.05) is 26.4 Å². The van der Waals surface area contributed by atoms with Crippen molar-refractivity contribution in [3.05, 3.63) is 33.9 Å². The Morgan fingerprint density at radius 2 is 2.05 bits per heavy atom. The molecule has 7 nitrogen and oxygen atoms in total. The molecule has 7 heteroatoms. The number of hydrogen-bond donors (Lipinski definition) is 2. The summed E-state index contributed by atoms with van der Waals surface area (Å²) in [7, 11) is 3.81. The van der Waals surface area contributed by atoms with E-state index in [0.717, 1.165) is 0 Å². The molecule has 1 aromatic rings. The Labute approximate surface area is 124 Å². The lowest BCUT2D eigenvalue weighted by Gasteiger charge is -2.25. The zero-order valence-corrected chi connectivity index (χ0v) is 12.8. The van der Waals surface area contributed by atoms with Gasteiger partial charge in [-0.15, -0.1) is 0 Å². The molecule has 0 radical (unpaired) electrons. The van der Waals surface area contributed by atoms with Gasteiger partial charge >= 0.3 is 5.69 Å². The lowest BCUT2D eigenvalue weighted by atomic mass is 10.0. The molecule has 0 spiro atoms. The quantitative estimate of drug-likeness (QED) is 0.470. The van der Waals surface area contributed by atoms with Crippen LogP contribution in [0.1, 0.15) is 24.2 Å². The Kier molecular flexibility index (Phi) is 5.66. The van der Waals surface area contributed by atoms with E-state index in [2.05, 4.69) is 5.32 Å². The molecule has 0 aromatic heterocycles. The second kappa shape index (κ2) is 7.03. The Balaban J connectivity index is 3.03. The summed E-state index contributed by atoms with van der Waals surface area (Å²) in [5.41, 5.74) is 5.23. The van der Waals surface area contributed by atoms with Crippen LogP contribution in [0.3, 0.4) is 0 Å². The molecule has 0 bridgehead atoms. The van der Waals surface area contributed by atoms with Crippen LogP contribution in [0.4, 0.5) is 11.4 Å². The highest BCUT2D eigenvalue weighted by Crippen LogP contribution is 2.26. The van der Waals surface area contributed by atoms with Crippen LogP contribution >= 0.6 is 0 Å². The van der Waals surface area contributed by atoms with Gasteiger partial charge in [-0.3, -0.25) is 14.9 Å². The van der Waals surface area contributed by atoms with E-state index in [1.165, 1.54) is 18.2 Å². The molecule has 0 fully saturated rings. The highest BCUT2D eigenvalue weighted by atomic mass is 16.6. The minimum Gasteiger partial charge on any atom is -0.393 e. The molecule has 21 heavy (non-hydrogen) atoms. The van der Waals surface area contributed by atoms with Crippen LogP contribution in [0.15, 0.2) is 18.2 Å². The number of carbonyl (C=O) groups is 1. The van der Waals surface area contributed by atoms with Crippen LogP contribution in [0, 0.1) is 16.0 Å². The van der Waals surface area contributed by atoms with Crippen LogP contribution in [-0.2, 0) is 0 Å². The maximum atomic E-state index is 12.3. The normalized spacial score (nSPS) is 12.5. The summed E-state index contributed by atoms with van der Waals surface area (Å²) in [6.07, 6.45) is 0. The molecule has 1 aromatic carbocycles. The van der Waals surface area contributed by atoms with Crippen molar-refractivity contribution in [1.29, 1.82) is 0 Å². The van der Waals surface area contributed by atoms with Gasteiger partial charge in [-0.1, -0.05) is 19.9 Å². The molecule has 1 atom stereocenters. The minimum atomic E-state index is -0.624. The molecule has 0 aliphatic rings.